The van der Waals surface area contributed by atoms with Crippen LogP contribution < -0.4 is 15.2 Å². The number of thiophene rings is 1. The molecule has 2 aromatic carbocycles. The van der Waals surface area contributed by atoms with Gasteiger partial charge in [-0.15, -0.1) is 11.3 Å². The van der Waals surface area contributed by atoms with E-state index in [1.165, 1.54) is 22.2 Å². The number of hydrogen-bond acceptors (Lipinski definition) is 7. The molecule has 2 atom stereocenters. The third-order valence-electron chi connectivity index (χ3n) is 5.61. The minimum Gasteiger partial charge on any atom is -0.495 e. The van der Waals surface area contributed by atoms with Crippen LogP contribution in [0.1, 0.15) is 0 Å². The molecule has 5 rings (SSSR count). The van der Waals surface area contributed by atoms with E-state index >= 15 is 0 Å². The highest BCUT2D eigenvalue weighted by Gasteiger charge is 2.31. The van der Waals surface area contributed by atoms with E-state index in [-0.39, 0.29) is 5.56 Å². The standard InChI is InChI=1S/C23H20IN3O4S/c1-31-20-8-15(6-7-17(20)26-10-18(28)19(29)11-26)27-12-25-16-9-21(32-22(16)23(27)30)13-2-4-14(24)5-3-13/h2-9,12,18-19,28-29H,10-11H2,1H3/t18-,19-/m1/s1. The maximum atomic E-state index is 13.3. The molecule has 9 heteroatoms. The van der Waals surface area contributed by atoms with Crippen LogP contribution in [0, 0.1) is 3.57 Å². The normalized spacial score (nSPS) is 18.4. The Morgan fingerprint density at radius 3 is 2.50 bits per heavy atom. The Labute approximate surface area is 201 Å². The van der Waals surface area contributed by atoms with Gasteiger partial charge in [-0.2, -0.15) is 0 Å². The number of rotatable bonds is 4. The number of ether oxygens (including phenoxy) is 1. The van der Waals surface area contributed by atoms with Crippen LogP contribution in [0.4, 0.5) is 5.69 Å². The lowest BCUT2D eigenvalue weighted by Gasteiger charge is -2.21. The van der Waals surface area contributed by atoms with Crippen molar-refractivity contribution in [2.24, 2.45) is 0 Å². The van der Waals surface area contributed by atoms with Gasteiger partial charge in [-0.05, 0) is 58.5 Å². The molecule has 0 saturated carbocycles. The number of methoxy groups -OCH3 is 1. The highest BCUT2D eigenvalue weighted by Crippen LogP contribution is 2.34. The summed E-state index contributed by atoms with van der Waals surface area (Å²) < 4.78 is 8.81. The molecule has 0 spiro atoms. The zero-order valence-corrected chi connectivity index (χ0v) is 20.1. The Morgan fingerprint density at radius 2 is 1.81 bits per heavy atom. The van der Waals surface area contributed by atoms with Crippen LogP contribution in [0.2, 0.25) is 0 Å². The van der Waals surface area contributed by atoms with Gasteiger partial charge in [0.1, 0.15) is 16.8 Å². The summed E-state index contributed by atoms with van der Waals surface area (Å²) in [6, 6.07) is 15.5. The summed E-state index contributed by atoms with van der Waals surface area (Å²) in [7, 11) is 1.56. The van der Waals surface area contributed by atoms with Gasteiger partial charge >= 0.3 is 0 Å². The van der Waals surface area contributed by atoms with E-state index in [0.29, 0.717) is 34.7 Å². The zero-order valence-electron chi connectivity index (χ0n) is 17.1. The lowest BCUT2D eigenvalue weighted by Crippen LogP contribution is -2.22. The molecular formula is C23H20IN3O4S. The second-order valence-corrected chi connectivity index (χ2v) is 9.95. The molecule has 0 aliphatic carbocycles. The van der Waals surface area contributed by atoms with Gasteiger partial charge in [0.15, 0.2) is 0 Å². The number of β-amino-alcohol motifs (C(OH)–C–C–N with tert-alkyl or cyclic N) is 2. The minimum atomic E-state index is -0.797. The number of fused-ring (bicyclic) bond motifs is 1. The predicted octanol–water partition coefficient (Wildman–Crippen LogP) is 3.27. The van der Waals surface area contributed by atoms with Crippen LogP contribution in [-0.2, 0) is 0 Å². The third-order valence-corrected chi connectivity index (χ3v) is 7.49. The summed E-state index contributed by atoms with van der Waals surface area (Å²) in [5.41, 5.74) is 2.98. The number of aliphatic hydroxyl groups is 2. The van der Waals surface area contributed by atoms with Crippen LogP contribution in [0.25, 0.3) is 26.3 Å². The molecular weight excluding hydrogens is 541 g/mol. The summed E-state index contributed by atoms with van der Waals surface area (Å²) >= 11 is 3.70. The summed E-state index contributed by atoms with van der Waals surface area (Å²) in [5, 5.41) is 19.8. The SMILES string of the molecule is COc1cc(-n2cnc3cc(-c4ccc(I)cc4)sc3c2=O)ccc1N1C[C@@H](O)[C@H](O)C1. The van der Waals surface area contributed by atoms with Gasteiger partial charge in [0.05, 0.1) is 36.2 Å². The molecule has 0 unspecified atom stereocenters. The van der Waals surface area contributed by atoms with Crippen molar-refractivity contribution in [3.63, 3.8) is 0 Å². The number of benzene rings is 2. The van der Waals surface area contributed by atoms with Crippen molar-refractivity contribution in [3.8, 4) is 21.9 Å². The Hall–Kier alpha value is -2.47. The second kappa shape index (κ2) is 8.47. The van der Waals surface area contributed by atoms with Gasteiger partial charge in [0, 0.05) is 27.6 Å². The van der Waals surface area contributed by atoms with Gasteiger partial charge in [-0.1, -0.05) is 12.1 Å². The molecule has 4 aromatic rings. The first kappa shape index (κ1) is 21.4. The average Bonchev–Trinajstić information content (AvgIpc) is 3.38. The van der Waals surface area contributed by atoms with Crippen LogP contribution in [0.3, 0.4) is 0 Å². The molecule has 0 bridgehead atoms. The number of halogens is 1. The van der Waals surface area contributed by atoms with E-state index < -0.39 is 12.2 Å². The monoisotopic (exact) mass is 561 g/mol. The minimum absolute atomic E-state index is 0.140. The van der Waals surface area contributed by atoms with E-state index in [9.17, 15) is 15.0 Å². The fourth-order valence-electron chi connectivity index (χ4n) is 3.90. The van der Waals surface area contributed by atoms with Gasteiger partial charge in [-0.25, -0.2) is 4.98 Å². The fraction of sp³-hybridized carbons (Fsp3) is 0.217. The van der Waals surface area contributed by atoms with E-state index in [2.05, 4.69) is 27.6 Å². The summed E-state index contributed by atoms with van der Waals surface area (Å²) in [4.78, 5) is 20.6. The molecule has 1 fully saturated rings. The quantitative estimate of drug-likeness (QED) is 0.372. The molecule has 3 heterocycles. The van der Waals surface area contributed by atoms with Gasteiger partial charge in [-0.3, -0.25) is 9.36 Å². The number of hydrogen-bond donors (Lipinski definition) is 2. The molecule has 0 radical (unpaired) electrons. The van der Waals surface area contributed by atoms with Crippen molar-refractivity contribution in [2.45, 2.75) is 12.2 Å². The van der Waals surface area contributed by atoms with Crippen LogP contribution >= 0.6 is 33.9 Å². The molecule has 1 saturated heterocycles. The molecule has 1 aliphatic heterocycles. The highest BCUT2D eigenvalue weighted by molar-refractivity contribution is 14.1. The highest BCUT2D eigenvalue weighted by atomic mass is 127. The van der Waals surface area contributed by atoms with Crippen molar-refractivity contribution in [2.75, 3.05) is 25.1 Å². The number of aromatic nitrogens is 2. The fourth-order valence-corrected chi connectivity index (χ4v) is 5.30. The van der Waals surface area contributed by atoms with E-state index in [1.54, 1.807) is 13.2 Å². The molecule has 7 nitrogen and oxygen atoms in total. The van der Waals surface area contributed by atoms with Crippen molar-refractivity contribution in [3.05, 3.63) is 68.8 Å². The van der Waals surface area contributed by atoms with Crippen LogP contribution in [-0.4, -0.2) is 52.2 Å². The Kier molecular flexibility index (Phi) is 5.66. The maximum absolute atomic E-state index is 13.3. The number of aliphatic hydroxyl groups excluding tert-OH is 2. The number of anilines is 1. The van der Waals surface area contributed by atoms with Gasteiger partial charge in [0.25, 0.3) is 5.56 Å². The van der Waals surface area contributed by atoms with Crippen LogP contribution in [0.15, 0.2) is 59.7 Å². The Morgan fingerprint density at radius 1 is 1.09 bits per heavy atom. The first-order chi connectivity index (χ1) is 15.4. The summed E-state index contributed by atoms with van der Waals surface area (Å²) in [5.74, 6) is 0.557. The Bertz CT molecular complexity index is 1340. The molecule has 2 aromatic heterocycles. The van der Waals surface area contributed by atoms with E-state index in [4.69, 9.17) is 4.74 Å². The second-order valence-electron chi connectivity index (χ2n) is 7.65. The first-order valence-corrected chi connectivity index (χ1v) is 11.9. The predicted molar refractivity (Wildman–Crippen MR) is 134 cm³/mol. The maximum Gasteiger partial charge on any atom is 0.275 e. The molecule has 164 valence electrons. The lowest BCUT2D eigenvalue weighted by atomic mass is 10.2. The van der Waals surface area contributed by atoms with Gasteiger partial charge < -0.3 is 19.8 Å². The largest absolute Gasteiger partial charge is 0.495 e. The van der Waals surface area contributed by atoms with E-state index in [1.807, 2.05) is 47.4 Å². The van der Waals surface area contributed by atoms with Crippen molar-refractivity contribution >= 4 is 49.8 Å². The van der Waals surface area contributed by atoms with Crippen molar-refractivity contribution < 1.29 is 14.9 Å². The first-order valence-electron chi connectivity index (χ1n) is 10.0. The average molecular weight is 561 g/mol. The molecule has 1 aliphatic rings. The molecule has 32 heavy (non-hydrogen) atoms. The zero-order chi connectivity index (χ0) is 22.4. The Balaban J connectivity index is 1.53. The van der Waals surface area contributed by atoms with E-state index in [0.717, 1.165) is 19.7 Å². The summed E-state index contributed by atoms with van der Waals surface area (Å²) in [6.07, 6.45) is -0.0585. The molecule has 0 amide bonds. The lowest BCUT2D eigenvalue weighted by molar-refractivity contribution is 0.0572. The number of nitrogens with zero attached hydrogens (tertiary/aromatic N) is 3. The van der Waals surface area contributed by atoms with Crippen molar-refractivity contribution in [1.82, 2.24) is 9.55 Å². The molecule has 2 N–H and O–H groups in total. The van der Waals surface area contributed by atoms with Crippen molar-refractivity contribution in [1.29, 1.82) is 0 Å². The summed E-state index contributed by atoms with van der Waals surface area (Å²) in [6.45, 7) is 0.641. The third kappa shape index (κ3) is 3.79. The topological polar surface area (TPSA) is 87.8 Å². The van der Waals surface area contributed by atoms with Gasteiger partial charge in [0.2, 0.25) is 0 Å². The smallest absolute Gasteiger partial charge is 0.275 e. The van der Waals surface area contributed by atoms with Crippen LogP contribution in [0.5, 0.6) is 5.75 Å².